The molecule has 2 rings (SSSR count). The van der Waals surface area contributed by atoms with Crippen LogP contribution in [0.1, 0.15) is 33.1 Å². The third kappa shape index (κ3) is 2.22. The first kappa shape index (κ1) is 11.9. The number of hydrogen-bond donors (Lipinski definition) is 1. The normalized spacial score (nSPS) is 29.2. The van der Waals surface area contributed by atoms with Gasteiger partial charge < -0.3 is 5.73 Å². The van der Waals surface area contributed by atoms with Gasteiger partial charge in [0, 0.05) is 18.3 Å². The molecule has 1 aromatic heterocycles. The van der Waals surface area contributed by atoms with Crippen molar-refractivity contribution in [3.05, 3.63) is 0 Å². The Morgan fingerprint density at radius 1 is 1.50 bits per heavy atom. The molecule has 2 atom stereocenters. The smallest absolute Gasteiger partial charge is 0.209 e. The average Bonchev–Trinajstić information content (AvgIpc) is 2.60. The van der Waals surface area contributed by atoms with Gasteiger partial charge in [-0.2, -0.15) is 0 Å². The van der Waals surface area contributed by atoms with Gasteiger partial charge in [0.25, 0.3) is 0 Å². The highest BCUT2D eigenvalue weighted by atomic mass is 32.2. The van der Waals surface area contributed by atoms with Gasteiger partial charge in [0.15, 0.2) is 0 Å². The van der Waals surface area contributed by atoms with Crippen LogP contribution in [0.4, 0.5) is 0 Å². The third-order valence-electron chi connectivity index (χ3n) is 3.45. The van der Waals surface area contributed by atoms with Gasteiger partial charge in [-0.05, 0) is 28.7 Å². The lowest BCUT2D eigenvalue weighted by atomic mass is 9.73. The average molecular weight is 241 g/mol. The summed E-state index contributed by atoms with van der Waals surface area (Å²) in [4.78, 5) is 0. The fraction of sp³-hybridized carbons (Fsp3) is 0.900. The summed E-state index contributed by atoms with van der Waals surface area (Å²) in [5.74, 6) is 0. The Morgan fingerprint density at radius 2 is 2.25 bits per heavy atom. The van der Waals surface area contributed by atoms with E-state index in [1.54, 1.807) is 16.4 Å². The maximum atomic E-state index is 6.32. The molecular weight excluding hydrogens is 222 g/mol. The summed E-state index contributed by atoms with van der Waals surface area (Å²) in [6.07, 6.45) is 3.61. The Labute approximate surface area is 100 Å². The van der Waals surface area contributed by atoms with Gasteiger partial charge in [-0.3, -0.25) is 0 Å². The Balaban J connectivity index is 2.08. The van der Waals surface area contributed by atoms with Crippen molar-refractivity contribution in [1.82, 2.24) is 20.2 Å². The van der Waals surface area contributed by atoms with Crippen molar-refractivity contribution < 1.29 is 0 Å². The van der Waals surface area contributed by atoms with Gasteiger partial charge in [0.2, 0.25) is 5.16 Å². The van der Waals surface area contributed by atoms with Crippen molar-refractivity contribution in [3.8, 4) is 0 Å². The Morgan fingerprint density at radius 3 is 2.88 bits per heavy atom. The molecule has 1 fully saturated rings. The molecule has 1 heterocycles. The molecule has 0 radical (unpaired) electrons. The second-order valence-corrected chi connectivity index (χ2v) is 6.35. The lowest BCUT2D eigenvalue weighted by Gasteiger charge is -2.41. The SMILES string of the molecule is Cn1nnnc1SC1CCCC(C)(C)C1N. The van der Waals surface area contributed by atoms with E-state index in [1.165, 1.54) is 12.8 Å². The molecular formula is C10H19N5S. The molecule has 6 heteroatoms. The van der Waals surface area contributed by atoms with E-state index in [0.717, 1.165) is 11.6 Å². The topological polar surface area (TPSA) is 69.6 Å². The number of hydrogen-bond acceptors (Lipinski definition) is 5. The summed E-state index contributed by atoms with van der Waals surface area (Å²) < 4.78 is 1.71. The highest BCUT2D eigenvalue weighted by molar-refractivity contribution is 7.99. The zero-order valence-corrected chi connectivity index (χ0v) is 10.9. The van der Waals surface area contributed by atoms with E-state index >= 15 is 0 Å². The van der Waals surface area contributed by atoms with Crippen LogP contribution in [0.15, 0.2) is 5.16 Å². The number of aryl methyl sites for hydroxylation is 1. The van der Waals surface area contributed by atoms with Crippen LogP contribution in [0.3, 0.4) is 0 Å². The van der Waals surface area contributed by atoms with Crippen LogP contribution in [0.25, 0.3) is 0 Å². The molecule has 5 nitrogen and oxygen atoms in total. The summed E-state index contributed by atoms with van der Waals surface area (Å²) in [7, 11) is 1.86. The molecule has 0 bridgehead atoms. The first-order valence-electron chi connectivity index (χ1n) is 5.65. The maximum absolute atomic E-state index is 6.32. The minimum atomic E-state index is 0.211. The van der Waals surface area contributed by atoms with Crippen molar-refractivity contribution in [2.45, 2.75) is 49.6 Å². The first-order chi connectivity index (χ1) is 7.50. The number of rotatable bonds is 2. The first-order valence-corrected chi connectivity index (χ1v) is 6.53. The fourth-order valence-electron chi connectivity index (χ4n) is 2.20. The van der Waals surface area contributed by atoms with Crippen LogP contribution >= 0.6 is 11.8 Å². The van der Waals surface area contributed by atoms with Crippen molar-refractivity contribution >= 4 is 11.8 Å². The summed E-state index contributed by atoms with van der Waals surface area (Å²) in [6, 6.07) is 0.211. The van der Waals surface area contributed by atoms with Gasteiger partial charge in [0.1, 0.15) is 0 Å². The molecule has 0 amide bonds. The van der Waals surface area contributed by atoms with Gasteiger partial charge in [-0.1, -0.05) is 32.0 Å². The van der Waals surface area contributed by atoms with Crippen molar-refractivity contribution in [2.24, 2.45) is 18.2 Å². The predicted molar refractivity (Wildman–Crippen MR) is 64.1 cm³/mol. The molecule has 16 heavy (non-hydrogen) atoms. The molecule has 1 saturated carbocycles. The Hall–Kier alpha value is -0.620. The second kappa shape index (κ2) is 4.33. The number of thioether (sulfide) groups is 1. The van der Waals surface area contributed by atoms with E-state index < -0.39 is 0 Å². The van der Waals surface area contributed by atoms with Gasteiger partial charge >= 0.3 is 0 Å². The van der Waals surface area contributed by atoms with E-state index in [9.17, 15) is 0 Å². The number of nitrogens with two attached hydrogens (primary N) is 1. The molecule has 1 aliphatic carbocycles. The molecule has 0 spiro atoms. The van der Waals surface area contributed by atoms with E-state index in [0.29, 0.717) is 5.25 Å². The molecule has 90 valence electrons. The predicted octanol–water partition coefficient (Wildman–Crippen LogP) is 1.21. The van der Waals surface area contributed by atoms with Crippen LogP contribution in [0.2, 0.25) is 0 Å². The minimum Gasteiger partial charge on any atom is -0.326 e. The zero-order chi connectivity index (χ0) is 11.8. The molecule has 1 aliphatic rings. The van der Waals surface area contributed by atoms with E-state index in [4.69, 9.17) is 5.73 Å². The largest absolute Gasteiger partial charge is 0.326 e. The fourth-order valence-corrected chi connectivity index (χ4v) is 3.54. The molecule has 0 aromatic carbocycles. The third-order valence-corrected chi connectivity index (χ3v) is 4.84. The molecule has 2 N–H and O–H groups in total. The highest BCUT2D eigenvalue weighted by Gasteiger charge is 2.37. The van der Waals surface area contributed by atoms with E-state index in [-0.39, 0.29) is 11.5 Å². The van der Waals surface area contributed by atoms with Gasteiger partial charge in [-0.25, -0.2) is 4.68 Å². The van der Waals surface area contributed by atoms with E-state index in [1.807, 2.05) is 7.05 Å². The number of tetrazole rings is 1. The molecule has 1 aromatic rings. The molecule has 0 saturated heterocycles. The summed E-state index contributed by atoms with van der Waals surface area (Å²) in [5, 5.41) is 12.8. The quantitative estimate of drug-likeness (QED) is 0.842. The summed E-state index contributed by atoms with van der Waals surface area (Å²) in [5.41, 5.74) is 6.55. The lowest BCUT2D eigenvalue weighted by Crippen LogP contribution is -2.48. The van der Waals surface area contributed by atoms with Crippen LogP contribution < -0.4 is 5.73 Å². The Kier molecular flexibility index (Phi) is 3.21. The standard InChI is InChI=1S/C10H19N5S/c1-10(2)6-4-5-7(8(10)11)16-9-12-13-14-15(9)3/h7-8H,4-6,11H2,1-3H3. The Bertz CT molecular complexity index is 362. The van der Waals surface area contributed by atoms with Crippen LogP contribution in [-0.4, -0.2) is 31.5 Å². The molecule has 0 aliphatic heterocycles. The van der Waals surface area contributed by atoms with Crippen LogP contribution in [0.5, 0.6) is 0 Å². The maximum Gasteiger partial charge on any atom is 0.209 e. The summed E-state index contributed by atoms with van der Waals surface area (Å²) in [6.45, 7) is 4.50. The zero-order valence-electron chi connectivity index (χ0n) is 10.1. The monoisotopic (exact) mass is 241 g/mol. The van der Waals surface area contributed by atoms with Crippen LogP contribution in [0, 0.1) is 5.41 Å². The summed E-state index contributed by atoms with van der Waals surface area (Å²) >= 11 is 1.71. The van der Waals surface area contributed by atoms with E-state index in [2.05, 4.69) is 29.4 Å². The van der Waals surface area contributed by atoms with Gasteiger partial charge in [0.05, 0.1) is 0 Å². The van der Waals surface area contributed by atoms with Gasteiger partial charge in [-0.15, -0.1) is 5.10 Å². The minimum absolute atomic E-state index is 0.211. The molecule has 2 unspecified atom stereocenters. The van der Waals surface area contributed by atoms with Crippen LogP contribution in [-0.2, 0) is 7.05 Å². The second-order valence-electron chi connectivity index (χ2n) is 5.15. The lowest BCUT2D eigenvalue weighted by molar-refractivity contribution is 0.208. The van der Waals surface area contributed by atoms with Crippen molar-refractivity contribution in [2.75, 3.05) is 0 Å². The van der Waals surface area contributed by atoms with Crippen molar-refractivity contribution in [3.63, 3.8) is 0 Å². The van der Waals surface area contributed by atoms with Crippen molar-refractivity contribution in [1.29, 1.82) is 0 Å². The highest BCUT2D eigenvalue weighted by Crippen LogP contribution is 2.40. The number of nitrogens with zero attached hydrogens (tertiary/aromatic N) is 4. The number of aromatic nitrogens is 4.